The number of rotatable bonds is 9. The van der Waals surface area contributed by atoms with Gasteiger partial charge in [0.25, 0.3) is 0 Å². The van der Waals surface area contributed by atoms with Gasteiger partial charge in [-0.05, 0) is 64.3 Å². The summed E-state index contributed by atoms with van der Waals surface area (Å²) >= 11 is 3.57. The molecule has 0 amide bonds. The van der Waals surface area contributed by atoms with Crippen LogP contribution in [0.5, 0.6) is 23.0 Å². The van der Waals surface area contributed by atoms with E-state index in [4.69, 9.17) is 18.9 Å². The van der Waals surface area contributed by atoms with Gasteiger partial charge in [0.05, 0.1) is 11.1 Å². The molecule has 1 N–H and O–H groups in total. The number of nitrogens with one attached hydrogen (secondary N) is 1. The van der Waals surface area contributed by atoms with Crippen LogP contribution in [-0.2, 0) is 19.7 Å². The lowest BCUT2D eigenvalue weighted by Gasteiger charge is -2.16. The van der Waals surface area contributed by atoms with Gasteiger partial charge >= 0.3 is 0 Å². The van der Waals surface area contributed by atoms with Crippen molar-refractivity contribution in [3.8, 4) is 23.0 Å². The molecular weight excluding hydrogens is 501 g/mol. The molecule has 1 aliphatic heterocycles. The van der Waals surface area contributed by atoms with Crippen molar-refractivity contribution >= 4 is 28.3 Å². The standard InChI is InChI=1S/C24H23BrFNO4.ClH/c1-2-28-23-11-17(13-27-12-16-7-8-21-22(10-16)31-15-30-21)9-19(25)24(23)29-14-18-5-3-4-6-20(18)26;/h3-11,27H,2,12-15H2,1H3;1H. The van der Waals surface area contributed by atoms with Crippen LogP contribution in [0.3, 0.4) is 0 Å². The molecule has 0 aromatic heterocycles. The summed E-state index contributed by atoms with van der Waals surface area (Å²) < 4.78 is 37.1. The number of halogens is 3. The molecule has 0 radical (unpaired) electrons. The van der Waals surface area contributed by atoms with Crippen molar-refractivity contribution in [1.29, 1.82) is 0 Å². The molecule has 32 heavy (non-hydrogen) atoms. The minimum atomic E-state index is -0.291. The van der Waals surface area contributed by atoms with Crippen molar-refractivity contribution in [3.63, 3.8) is 0 Å². The van der Waals surface area contributed by atoms with Gasteiger partial charge in [0.2, 0.25) is 6.79 Å². The molecule has 3 aromatic carbocycles. The monoisotopic (exact) mass is 523 g/mol. The molecule has 170 valence electrons. The average molecular weight is 525 g/mol. The van der Waals surface area contributed by atoms with E-state index < -0.39 is 0 Å². The maximum atomic E-state index is 13.9. The highest BCUT2D eigenvalue weighted by molar-refractivity contribution is 9.10. The fraction of sp³-hybridized carbons (Fsp3) is 0.250. The number of fused-ring (bicyclic) bond motifs is 1. The fourth-order valence-corrected chi connectivity index (χ4v) is 3.90. The number of benzene rings is 3. The van der Waals surface area contributed by atoms with Crippen LogP contribution < -0.4 is 24.3 Å². The van der Waals surface area contributed by atoms with E-state index in [9.17, 15) is 4.39 Å². The third kappa shape index (κ3) is 5.85. The summed E-state index contributed by atoms with van der Waals surface area (Å²) in [5, 5.41) is 3.43. The van der Waals surface area contributed by atoms with Gasteiger partial charge in [0.15, 0.2) is 23.0 Å². The van der Waals surface area contributed by atoms with Crippen LogP contribution in [0, 0.1) is 5.82 Å². The minimum absolute atomic E-state index is 0. The van der Waals surface area contributed by atoms with Crippen LogP contribution >= 0.6 is 28.3 Å². The van der Waals surface area contributed by atoms with E-state index in [0.717, 1.165) is 27.1 Å². The predicted molar refractivity (Wildman–Crippen MR) is 126 cm³/mol. The molecule has 1 heterocycles. The molecule has 0 saturated heterocycles. The maximum Gasteiger partial charge on any atom is 0.231 e. The van der Waals surface area contributed by atoms with Crippen molar-refractivity contribution in [3.05, 3.63) is 81.6 Å². The Morgan fingerprint density at radius 2 is 1.75 bits per heavy atom. The molecule has 0 unspecified atom stereocenters. The zero-order chi connectivity index (χ0) is 21.6. The van der Waals surface area contributed by atoms with E-state index in [0.29, 0.717) is 36.8 Å². The molecule has 0 bridgehead atoms. The van der Waals surface area contributed by atoms with E-state index in [1.165, 1.54) is 6.07 Å². The van der Waals surface area contributed by atoms with Gasteiger partial charge in [-0.3, -0.25) is 0 Å². The molecule has 4 rings (SSSR count). The summed E-state index contributed by atoms with van der Waals surface area (Å²) in [6.07, 6.45) is 0. The summed E-state index contributed by atoms with van der Waals surface area (Å²) in [5.41, 5.74) is 2.64. The molecule has 0 atom stereocenters. The van der Waals surface area contributed by atoms with E-state index in [2.05, 4.69) is 21.2 Å². The Labute approximate surface area is 201 Å². The first-order valence-electron chi connectivity index (χ1n) is 10.0. The molecule has 0 spiro atoms. The van der Waals surface area contributed by atoms with E-state index in [1.54, 1.807) is 18.2 Å². The third-order valence-electron chi connectivity index (χ3n) is 4.79. The Kier molecular flexibility index (Phi) is 8.61. The second-order valence-electron chi connectivity index (χ2n) is 7.01. The Balaban J connectivity index is 0.00000289. The van der Waals surface area contributed by atoms with Gasteiger partial charge < -0.3 is 24.3 Å². The minimum Gasteiger partial charge on any atom is -0.490 e. The molecule has 1 aliphatic rings. The van der Waals surface area contributed by atoms with Crippen LogP contribution in [0.25, 0.3) is 0 Å². The van der Waals surface area contributed by atoms with Crippen molar-refractivity contribution in [1.82, 2.24) is 5.32 Å². The average Bonchev–Trinajstić information content (AvgIpc) is 3.22. The molecule has 0 aliphatic carbocycles. The highest BCUT2D eigenvalue weighted by Gasteiger charge is 2.15. The van der Waals surface area contributed by atoms with Crippen LogP contribution in [0.1, 0.15) is 23.6 Å². The van der Waals surface area contributed by atoms with E-state index >= 15 is 0 Å². The second-order valence-corrected chi connectivity index (χ2v) is 7.86. The van der Waals surface area contributed by atoms with Crippen LogP contribution in [0.4, 0.5) is 4.39 Å². The normalized spacial score (nSPS) is 11.7. The van der Waals surface area contributed by atoms with Crippen LogP contribution in [-0.4, -0.2) is 13.4 Å². The van der Waals surface area contributed by atoms with Gasteiger partial charge in [0, 0.05) is 18.7 Å². The van der Waals surface area contributed by atoms with E-state index in [-0.39, 0.29) is 31.6 Å². The Bertz CT molecular complexity index is 1070. The SMILES string of the molecule is CCOc1cc(CNCc2ccc3c(c2)OCO3)cc(Br)c1OCc1ccccc1F.Cl. The topological polar surface area (TPSA) is 49.0 Å². The maximum absolute atomic E-state index is 13.9. The number of hydrogen-bond donors (Lipinski definition) is 1. The lowest BCUT2D eigenvalue weighted by molar-refractivity contribution is 0.174. The Morgan fingerprint density at radius 3 is 2.56 bits per heavy atom. The number of hydrogen-bond acceptors (Lipinski definition) is 5. The van der Waals surface area contributed by atoms with Crippen molar-refractivity contribution in [2.75, 3.05) is 13.4 Å². The smallest absolute Gasteiger partial charge is 0.231 e. The molecule has 3 aromatic rings. The Hall–Kier alpha value is -2.48. The first kappa shape index (κ1) is 24.2. The molecule has 0 fully saturated rings. The fourth-order valence-electron chi connectivity index (χ4n) is 3.29. The summed E-state index contributed by atoms with van der Waals surface area (Å²) in [5.74, 6) is 2.44. The van der Waals surface area contributed by atoms with E-state index in [1.807, 2.05) is 37.3 Å². The van der Waals surface area contributed by atoms with Crippen molar-refractivity contribution in [2.24, 2.45) is 0 Å². The van der Waals surface area contributed by atoms with Gasteiger partial charge in [-0.1, -0.05) is 24.3 Å². The first-order chi connectivity index (χ1) is 15.1. The first-order valence-corrected chi connectivity index (χ1v) is 10.8. The highest BCUT2D eigenvalue weighted by Crippen LogP contribution is 2.38. The van der Waals surface area contributed by atoms with Crippen LogP contribution in [0.2, 0.25) is 0 Å². The zero-order valence-electron chi connectivity index (χ0n) is 17.5. The molecule has 5 nitrogen and oxygen atoms in total. The highest BCUT2D eigenvalue weighted by atomic mass is 79.9. The van der Waals surface area contributed by atoms with Crippen LogP contribution in [0.15, 0.2) is 59.1 Å². The third-order valence-corrected chi connectivity index (χ3v) is 5.38. The lowest BCUT2D eigenvalue weighted by atomic mass is 10.1. The quantitative estimate of drug-likeness (QED) is 0.372. The zero-order valence-corrected chi connectivity index (χ0v) is 19.9. The molecular formula is C24H24BrClFNO4. The molecule has 8 heteroatoms. The van der Waals surface area contributed by atoms with Gasteiger partial charge in [-0.25, -0.2) is 4.39 Å². The number of ether oxygens (including phenoxy) is 4. The lowest BCUT2D eigenvalue weighted by Crippen LogP contribution is -2.13. The van der Waals surface area contributed by atoms with Gasteiger partial charge in [0.1, 0.15) is 12.4 Å². The predicted octanol–water partition coefficient (Wildman–Crippen LogP) is 6.01. The van der Waals surface area contributed by atoms with Crippen molar-refractivity contribution in [2.45, 2.75) is 26.6 Å². The van der Waals surface area contributed by atoms with Gasteiger partial charge in [-0.15, -0.1) is 12.4 Å². The van der Waals surface area contributed by atoms with Gasteiger partial charge in [-0.2, -0.15) is 0 Å². The largest absolute Gasteiger partial charge is 0.490 e. The summed E-state index contributed by atoms with van der Waals surface area (Å²) in [4.78, 5) is 0. The second kappa shape index (κ2) is 11.4. The summed E-state index contributed by atoms with van der Waals surface area (Å²) in [6.45, 7) is 4.12. The summed E-state index contributed by atoms with van der Waals surface area (Å²) in [6, 6.07) is 16.4. The summed E-state index contributed by atoms with van der Waals surface area (Å²) in [7, 11) is 0. The molecule has 0 saturated carbocycles. The Morgan fingerprint density at radius 1 is 0.969 bits per heavy atom. The van der Waals surface area contributed by atoms with Crippen molar-refractivity contribution < 1.29 is 23.3 Å².